The van der Waals surface area contributed by atoms with Crippen LogP contribution in [0.1, 0.15) is 30.3 Å². The molecule has 8 heteroatoms. The number of ether oxygens (including phenoxy) is 3. The van der Waals surface area contributed by atoms with Gasteiger partial charge in [-0.05, 0) is 6.42 Å². The summed E-state index contributed by atoms with van der Waals surface area (Å²) in [7, 11) is 6.42. The first kappa shape index (κ1) is 20.3. The van der Waals surface area contributed by atoms with Crippen LogP contribution >= 0.6 is 0 Å². The number of anilines is 2. The van der Waals surface area contributed by atoms with Gasteiger partial charge in [0.15, 0.2) is 11.5 Å². The standard InChI is InChI=1S/C19H26N4O4/c1-6-7-8-23(2)19(24)14-11-17(21-12-20-14)22-13-9-15(25-3)18(27-5)16(10-13)26-4/h9-12H,6-8H2,1-5H3,(H,20,21,22). The van der Waals surface area contributed by atoms with Crippen molar-refractivity contribution < 1.29 is 19.0 Å². The van der Waals surface area contributed by atoms with Crippen LogP contribution in [-0.4, -0.2) is 55.7 Å². The Morgan fingerprint density at radius 1 is 1.07 bits per heavy atom. The molecule has 8 nitrogen and oxygen atoms in total. The first-order valence-corrected chi connectivity index (χ1v) is 8.68. The van der Waals surface area contributed by atoms with Gasteiger partial charge in [0.2, 0.25) is 5.75 Å². The summed E-state index contributed by atoms with van der Waals surface area (Å²) < 4.78 is 16.0. The molecule has 0 aliphatic rings. The van der Waals surface area contributed by atoms with Gasteiger partial charge in [0, 0.05) is 37.5 Å². The van der Waals surface area contributed by atoms with E-state index in [4.69, 9.17) is 14.2 Å². The second-order valence-electron chi connectivity index (χ2n) is 5.91. The highest BCUT2D eigenvalue weighted by atomic mass is 16.5. The number of nitrogens with one attached hydrogen (secondary N) is 1. The van der Waals surface area contributed by atoms with Gasteiger partial charge in [-0.25, -0.2) is 9.97 Å². The van der Waals surface area contributed by atoms with Crippen LogP contribution in [0, 0.1) is 0 Å². The number of rotatable bonds is 9. The zero-order chi connectivity index (χ0) is 19.8. The molecule has 0 aliphatic heterocycles. The maximum atomic E-state index is 12.5. The molecule has 27 heavy (non-hydrogen) atoms. The second-order valence-corrected chi connectivity index (χ2v) is 5.91. The minimum Gasteiger partial charge on any atom is -0.493 e. The van der Waals surface area contributed by atoms with Crippen LogP contribution in [0.3, 0.4) is 0 Å². The zero-order valence-electron chi connectivity index (χ0n) is 16.4. The third-order valence-corrected chi connectivity index (χ3v) is 4.02. The minimum atomic E-state index is -0.140. The number of unbranched alkanes of at least 4 members (excludes halogenated alkanes) is 1. The summed E-state index contributed by atoms with van der Waals surface area (Å²) in [5.74, 6) is 1.89. The number of carbonyl (C=O) groups is 1. The molecule has 0 bridgehead atoms. The van der Waals surface area contributed by atoms with Gasteiger partial charge < -0.3 is 24.4 Å². The summed E-state index contributed by atoms with van der Waals surface area (Å²) >= 11 is 0. The first-order valence-electron chi connectivity index (χ1n) is 8.68. The molecule has 0 atom stereocenters. The predicted molar refractivity (Wildman–Crippen MR) is 103 cm³/mol. The maximum absolute atomic E-state index is 12.5. The highest BCUT2D eigenvalue weighted by Gasteiger charge is 2.16. The Hall–Kier alpha value is -3.03. The Labute approximate surface area is 159 Å². The number of amides is 1. The molecule has 1 heterocycles. The Balaban J connectivity index is 2.24. The van der Waals surface area contributed by atoms with E-state index in [1.54, 1.807) is 51.5 Å². The van der Waals surface area contributed by atoms with E-state index >= 15 is 0 Å². The van der Waals surface area contributed by atoms with Gasteiger partial charge in [0.25, 0.3) is 5.91 Å². The van der Waals surface area contributed by atoms with Crippen molar-refractivity contribution in [2.24, 2.45) is 0 Å². The monoisotopic (exact) mass is 374 g/mol. The molecule has 2 aromatic rings. The fraction of sp³-hybridized carbons (Fsp3) is 0.421. The molecule has 2 rings (SSSR count). The molecule has 1 aromatic heterocycles. The third-order valence-electron chi connectivity index (χ3n) is 4.02. The number of carbonyl (C=O) groups excluding carboxylic acids is 1. The summed E-state index contributed by atoms with van der Waals surface area (Å²) in [6, 6.07) is 5.14. The summed E-state index contributed by atoms with van der Waals surface area (Å²) in [6.07, 6.45) is 3.33. The third kappa shape index (κ3) is 4.99. The van der Waals surface area contributed by atoms with Crippen molar-refractivity contribution in [3.63, 3.8) is 0 Å². The second kappa shape index (κ2) is 9.61. The van der Waals surface area contributed by atoms with E-state index in [9.17, 15) is 4.79 Å². The minimum absolute atomic E-state index is 0.140. The Morgan fingerprint density at radius 3 is 2.30 bits per heavy atom. The smallest absolute Gasteiger partial charge is 0.272 e. The van der Waals surface area contributed by atoms with Crippen molar-refractivity contribution in [3.05, 3.63) is 30.2 Å². The molecule has 0 fully saturated rings. The largest absolute Gasteiger partial charge is 0.493 e. The molecule has 0 aliphatic carbocycles. The number of nitrogens with zero attached hydrogens (tertiary/aromatic N) is 3. The van der Waals surface area contributed by atoms with Crippen molar-refractivity contribution in [2.75, 3.05) is 40.2 Å². The lowest BCUT2D eigenvalue weighted by molar-refractivity contribution is 0.0787. The van der Waals surface area contributed by atoms with Crippen LogP contribution in [0.5, 0.6) is 17.2 Å². The Morgan fingerprint density at radius 2 is 1.74 bits per heavy atom. The van der Waals surface area contributed by atoms with Gasteiger partial charge in [0.1, 0.15) is 17.8 Å². The van der Waals surface area contributed by atoms with E-state index in [1.165, 1.54) is 6.33 Å². The normalized spacial score (nSPS) is 10.3. The summed E-state index contributed by atoms with van der Waals surface area (Å²) in [5, 5.41) is 3.14. The maximum Gasteiger partial charge on any atom is 0.272 e. The van der Waals surface area contributed by atoms with E-state index in [0.29, 0.717) is 41.0 Å². The van der Waals surface area contributed by atoms with Crippen molar-refractivity contribution in [3.8, 4) is 17.2 Å². The average Bonchev–Trinajstić information content (AvgIpc) is 2.70. The van der Waals surface area contributed by atoms with Crippen molar-refractivity contribution in [1.29, 1.82) is 0 Å². The van der Waals surface area contributed by atoms with Gasteiger partial charge >= 0.3 is 0 Å². The summed E-state index contributed by atoms with van der Waals surface area (Å²) in [6.45, 7) is 2.78. The molecule has 1 N–H and O–H groups in total. The molecule has 146 valence electrons. The lowest BCUT2D eigenvalue weighted by Gasteiger charge is -2.17. The highest BCUT2D eigenvalue weighted by molar-refractivity contribution is 5.92. The van der Waals surface area contributed by atoms with Gasteiger partial charge in [-0.2, -0.15) is 0 Å². The molecule has 0 radical (unpaired) electrons. The fourth-order valence-corrected chi connectivity index (χ4v) is 2.54. The lowest BCUT2D eigenvalue weighted by Crippen LogP contribution is -2.28. The van der Waals surface area contributed by atoms with E-state index < -0.39 is 0 Å². The number of benzene rings is 1. The van der Waals surface area contributed by atoms with Crippen LogP contribution in [0.4, 0.5) is 11.5 Å². The molecular formula is C19H26N4O4. The molecule has 0 spiro atoms. The van der Waals surface area contributed by atoms with Crippen LogP contribution in [0.2, 0.25) is 0 Å². The molecule has 1 aromatic carbocycles. The molecule has 0 saturated carbocycles. The van der Waals surface area contributed by atoms with Gasteiger partial charge in [-0.15, -0.1) is 0 Å². The SMILES string of the molecule is CCCCN(C)C(=O)c1cc(Nc2cc(OC)c(OC)c(OC)c2)ncn1. The van der Waals surface area contributed by atoms with Gasteiger partial charge in [-0.1, -0.05) is 13.3 Å². The van der Waals surface area contributed by atoms with Crippen LogP contribution < -0.4 is 19.5 Å². The van der Waals surface area contributed by atoms with Crippen molar-refractivity contribution >= 4 is 17.4 Å². The Bertz CT molecular complexity index is 757. The number of hydrogen-bond donors (Lipinski definition) is 1. The topological polar surface area (TPSA) is 85.8 Å². The molecule has 1 amide bonds. The molecule has 0 unspecified atom stereocenters. The summed E-state index contributed by atoms with van der Waals surface area (Å²) in [4.78, 5) is 22.4. The Kier molecular flexibility index (Phi) is 7.22. The molecular weight excluding hydrogens is 348 g/mol. The van der Waals surface area contributed by atoms with E-state index in [2.05, 4.69) is 22.2 Å². The van der Waals surface area contributed by atoms with E-state index in [0.717, 1.165) is 12.8 Å². The van der Waals surface area contributed by atoms with E-state index in [-0.39, 0.29) is 5.91 Å². The van der Waals surface area contributed by atoms with E-state index in [1.807, 2.05) is 0 Å². The highest BCUT2D eigenvalue weighted by Crippen LogP contribution is 2.40. The fourth-order valence-electron chi connectivity index (χ4n) is 2.54. The van der Waals surface area contributed by atoms with Gasteiger partial charge in [0.05, 0.1) is 21.3 Å². The van der Waals surface area contributed by atoms with Crippen LogP contribution in [-0.2, 0) is 0 Å². The summed E-state index contributed by atoms with van der Waals surface area (Å²) in [5.41, 5.74) is 1.01. The number of aromatic nitrogens is 2. The molecule has 0 saturated heterocycles. The first-order chi connectivity index (χ1) is 13.0. The zero-order valence-corrected chi connectivity index (χ0v) is 16.4. The number of methoxy groups -OCH3 is 3. The van der Waals surface area contributed by atoms with Crippen LogP contribution in [0.15, 0.2) is 24.5 Å². The van der Waals surface area contributed by atoms with Crippen molar-refractivity contribution in [2.45, 2.75) is 19.8 Å². The van der Waals surface area contributed by atoms with Gasteiger partial charge in [-0.3, -0.25) is 4.79 Å². The average molecular weight is 374 g/mol. The number of hydrogen-bond acceptors (Lipinski definition) is 7. The van der Waals surface area contributed by atoms with Crippen molar-refractivity contribution in [1.82, 2.24) is 14.9 Å². The van der Waals surface area contributed by atoms with Crippen LogP contribution in [0.25, 0.3) is 0 Å². The quantitative estimate of drug-likeness (QED) is 0.722. The lowest BCUT2D eigenvalue weighted by atomic mass is 10.2. The predicted octanol–water partition coefficient (Wildman–Crippen LogP) is 3.12.